The molecule has 5 nitrogen and oxygen atoms in total. The Morgan fingerprint density at radius 2 is 1.34 bits per heavy atom. The van der Waals surface area contributed by atoms with Gasteiger partial charge in [-0.25, -0.2) is 9.18 Å². The summed E-state index contributed by atoms with van der Waals surface area (Å²) in [4.78, 5) is 24.4. The molecule has 3 aromatic rings. The first kappa shape index (κ1) is 20.1. The molecule has 0 N–H and O–H groups in total. The number of Topliss-reactive ketones (excluding diaryl/α,β-unsaturated/α-hetero) is 1. The van der Waals surface area contributed by atoms with Gasteiger partial charge in [0.25, 0.3) is 0 Å². The number of esters is 1. The third kappa shape index (κ3) is 5.65. The quantitative estimate of drug-likeness (QED) is 0.307. The van der Waals surface area contributed by atoms with Crippen molar-refractivity contribution in [2.24, 2.45) is 0 Å². The Hall–Kier alpha value is -3.67. The molecule has 0 spiro atoms. The van der Waals surface area contributed by atoms with E-state index in [4.69, 9.17) is 14.2 Å². The first-order valence-electron chi connectivity index (χ1n) is 8.99. The van der Waals surface area contributed by atoms with E-state index in [1.807, 2.05) is 30.3 Å². The zero-order chi connectivity index (χ0) is 20.5. The van der Waals surface area contributed by atoms with Gasteiger partial charge in [-0.2, -0.15) is 0 Å². The van der Waals surface area contributed by atoms with Gasteiger partial charge < -0.3 is 14.2 Å². The van der Waals surface area contributed by atoms with Crippen LogP contribution in [-0.4, -0.2) is 31.6 Å². The zero-order valence-electron chi connectivity index (χ0n) is 15.5. The standard InChI is InChI=1S/C23H19FO5/c24-20-12-6-4-10-18(20)21(25)16-29-23(26)19-11-5-7-13-22(19)28-15-14-27-17-8-2-1-3-9-17/h1-13H,14-16H2. The molecule has 0 amide bonds. The number of rotatable bonds is 9. The molecule has 0 aliphatic rings. The highest BCUT2D eigenvalue weighted by Gasteiger charge is 2.17. The Bertz CT molecular complexity index is 972. The van der Waals surface area contributed by atoms with Crippen molar-refractivity contribution in [2.45, 2.75) is 0 Å². The second-order valence-electron chi connectivity index (χ2n) is 5.99. The second-order valence-corrected chi connectivity index (χ2v) is 5.99. The highest BCUT2D eigenvalue weighted by Crippen LogP contribution is 2.19. The molecule has 0 unspecified atom stereocenters. The van der Waals surface area contributed by atoms with Crippen LogP contribution in [0.3, 0.4) is 0 Å². The number of halogens is 1. The molecule has 6 heteroatoms. The van der Waals surface area contributed by atoms with Gasteiger partial charge in [-0.05, 0) is 36.4 Å². The summed E-state index contributed by atoms with van der Waals surface area (Å²) in [6.45, 7) is -0.0578. The third-order valence-corrected chi connectivity index (χ3v) is 3.97. The maximum atomic E-state index is 13.7. The van der Waals surface area contributed by atoms with Crippen LogP contribution in [0.4, 0.5) is 4.39 Å². The summed E-state index contributed by atoms with van der Waals surface area (Å²) in [7, 11) is 0. The van der Waals surface area contributed by atoms with E-state index in [0.717, 1.165) is 5.75 Å². The first-order chi connectivity index (χ1) is 14.1. The van der Waals surface area contributed by atoms with Crippen molar-refractivity contribution in [1.29, 1.82) is 0 Å². The molecule has 0 fully saturated rings. The first-order valence-corrected chi connectivity index (χ1v) is 8.99. The Kier molecular flexibility index (Phi) is 6.95. The van der Waals surface area contributed by atoms with Gasteiger partial charge in [0.05, 0.1) is 5.56 Å². The molecular weight excluding hydrogens is 375 g/mol. The van der Waals surface area contributed by atoms with Crippen molar-refractivity contribution in [2.75, 3.05) is 19.8 Å². The normalized spacial score (nSPS) is 10.2. The second kappa shape index (κ2) is 10.0. The smallest absolute Gasteiger partial charge is 0.342 e. The van der Waals surface area contributed by atoms with Crippen LogP contribution >= 0.6 is 0 Å². The Morgan fingerprint density at radius 3 is 2.10 bits per heavy atom. The minimum absolute atomic E-state index is 0.122. The summed E-state index contributed by atoms with van der Waals surface area (Å²) < 4.78 is 29.9. The van der Waals surface area contributed by atoms with E-state index >= 15 is 0 Å². The van der Waals surface area contributed by atoms with Gasteiger partial charge in [-0.3, -0.25) is 4.79 Å². The SMILES string of the molecule is O=C(COC(=O)c1ccccc1OCCOc1ccccc1)c1ccccc1F. The lowest BCUT2D eigenvalue weighted by molar-refractivity contribution is 0.0469. The summed E-state index contributed by atoms with van der Waals surface area (Å²) in [6.07, 6.45) is 0. The van der Waals surface area contributed by atoms with Crippen LogP contribution in [0.1, 0.15) is 20.7 Å². The molecule has 3 rings (SSSR count). The molecule has 0 aliphatic heterocycles. The number of carbonyl (C=O) groups is 2. The van der Waals surface area contributed by atoms with E-state index in [1.165, 1.54) is 24.3 Å². The number of benzene rings is 3. The zero-order valence-corrected chi connectivity index (χ0v) is 15.5. The summed E-state index contributed by atoms with van der Waals surface area (Å²) in [5, 5.41) is 0. The van der Waals surface area contributed by atoms with Crippen LogP contribution in [0.2, 0.25) is 0 Å². The number of hydrogen-bond acceptors (Lipinski definition) is 5. The predicted octanol–water partition coefficient (Wildman–Crippen LogP) is 4.32. The fraction of sp³-hybridized carbons (Fsp3) is 0.130. The van der Waals surface area contributed by atoms with Crippen molar-refractivity contribution in [1.82, 2.24) is 0 Å². The molecule has 0 aliphatic carbocycles. The molecule has 0 radical (unpaired) electrons. The summed E-state index contributed by atoms with van der Waals surface area (Å²) in [5.41, 5.74) is 0.0523. The molecule has 0 bridgehead atoms. The lowest BCUT2D eigenvalue weighted by Gasteiger charge is -2.12. The fourth-order valence-electron chi connectivity index (χ4n) is 2.56. The van der Waals surface area contributed by atoms with Crippen LogP contribution in [0.5, 0.6) is 11.5 Å². The fourth-order valence-corrected chi connectivity index (χ4v) is 2.56. The summed E-state index contributed by atoms with van der Waals surface area (Å²) in [5.74, 6) is -0.973. The number of hydrogen-bond donors (Lipinski definition) is 0. The molecule has 3 aromatic carbocycles. The van der Waals surface area contributed by atoms with Crippen LogP contribution in [-0.2, 0) is 4.74 Å². The largest absolute Gasteiger partial charge is 0.490 e. The van der Waals surface area contributed by atoms with Crippen molar-refractivity contribution in [3.05, 3.63) is 95.8 Å². The predicted molar refractivity (Wildman–Crippen MR) is 105 cm³/mol. The molecule has 148 valence electrons. The third-order valence-electron chi connectivity index (χ3n) is 3.97. The van der Waals surface area contributed by atoms with E-state index in [1.54, 1.807) is 24.3 Å². The number of ketones is 1. The van der Waals surface area contributed by atoms with Crippen molar-refractivity contribution in [3.63, 3.8) is 0 Å². The lowest BCUT2D eigenvalue weighted by Crippen LogP contribution is -2.17. The molecule has 0 saturated carbocycles. The number of ether oxygens (including phenoxy) is 3. The Balaban J connectivity index is 1.54. The van der Waals surface area contributed by atoms with E-state index in [0.29, 0.717) is 12.4 Å². The summed E-state index contributed by atoms with van der Waals surface area (Å²) >= 11 is 0. The van der Waals surface area contributed by atoms with Gasteiger partial charge in [0.1, 0.15) is 36.1 Å². The minimum atomic E-state index is -0.728. The minimum Gasteiger partial charge on any atom is -0.490 e. The Labute approximate surface area is 167 Å². The maximum absolute atomic E-state index is 13.7. The van der Waals surface area contributed by atoms with Gasteiger partial charge in [0.2, 0.25) is 5.78 Å². The summed E-state index contributed by atoms with van der Waals surface area (Å²) in [6, 6.07) is 21.3. The van der Waals surface area contributed by atoms with Crippen LogP contribution in [0.15, 0.2) is 78.9 Å². The average Bonchev–Trinajstić information content (AvgIpc) is 2.76. The molecule has 0 saturated heterocycles. The molecule has 0 aromatic heterocycles. The van der Waals surface area contributed by atoms with Crippen molar-refractivity contribution in [3.8, 4) is 11.5 Å². The number of carbonyl (C=O) groups excluding carboxylic acids is 2. The van der Waals surface area contributed by atoms with Crippen molar-refractivity contribution < 1.29 is 28.2 Å². The topological polar surface area (TPSA) is 61.8 Å². The molecular formula is C23H19FO5. The van der Waals surface area contributed by atoms with Gasteiger partial charge in [0.15, 0.2) is 6.61 Å². The monoisotopic (exact) mass is 394 g/mol. The highest BCUT2D eigenvalue weighted by molar-refractivity contribution is 6.00. The van der Waals surface area contributed by atoms with Gasteiger partial charge in [0, 0.05) is 0 Å². The van der Waals surface area contributed by atoms with E-state index in [-0.39, 0.29) is 17.7 Å². The van der Waals surface area contributed by atoms with E-state index < -0.39 is 24.2 Å². The van der Waals surface area contributed by atoms with Gasteiger partial charge in [-0.15, -0.1) is 0 Å². The molecule has 29 heavy (non-hydrogen) atoms. The Morgan fingerprint density at radius 1 is 0.724 bits per heavy atom. The lowest BCUT2D eigenvalue weighted by atomic mass is 10.1. The van der Waals surface area contributed by atoms with E-state index in [9.17, 15) is 14.0 Å². The molecule has 0 atom stereocenters. The van der Waals surface area contributed by atoms with Crippen LogP contribution < -0.4 is 9.47 Å². The van der Waals surface area contributed by atoms with Crippen molar-refractivity contribution >= 4 is 11.8 Å². The molecule has 0 heterocycles. The maximum Gasteiger partial charge on any atom is 0.342 e. The van der Waals surface area contributed by atoms with Gasteiger partial charge in [-0.1, -0.05) is 42.5 Å². The van der Waals surface area contributed by atoms with Gasteiger partial charge >= 0.3 is 5.97 Å². The number of para-hydroxylation sites is 2. The van der Waals surface area contributed by atoms with Crippen LogP contribution in [0, 0.1) is 5.82 Å². The van der Waals surface area contributed by atoms with E-state index in [2.05, 4.69) is 0 Å². The van der Waals surface area contributed by atoms with Crippen LogP contribution in [0.25, 0.3) is 0 Å². The highest BCUT2D eigenvalue weighted by atomic mass is 19.1. The average molecular weight is 394 g/mol.